The van der Waals surface area contributed by atoms with Crippen molar-refractivity contribution in [3.8, 4) is 0 Å². The van der Waals surface area contributed by atoms with Gasteiger partial charge in [0, 0.05) is 19.7 Å². The van der Waals surface area contributed by atoms with E-state index in [1.54, 1.807) is 7.11 Å². The fraction of sp³-hybridized carbons (Fsp3) is 1.00. The molecule has 1 aliphatic carbocycles. The van der Waals surface area contributed by atoms with Crippen molar-refractivity contribution in [3.63, 3.8) is 0 Å². The maximum absolute atomic E-state index is 5.06. The summed E-state index contributed by atoms with van der Waals surface area (Å²) in [4.78, 5) is 0. The highest BCUT2D eigenvalue weighted by Gasteiger charge is 2.26. The Hall–Kier alpha value is -0.0800. The van der Waals surface area contributed by atoms with Gasteiger partial charge in [0.05, 0.1) is 6.61 Å². The number of hydrogen-bond donors (Lipinski definition) is 1. The lowest BCUT2D eigenvalue weighted by atomic mass is 9.77. The van der Waals surface area contributed by atoms with Crippen molar-refractivity contribution in [2.75, 3.05) is 20.3 Å². The van der Waals surface area contributed by atoms with Crippen molar-refractivity contribution in [3.05, 3.63) is 0 Å². The molecule has 0 aliphatic heterocycles. The van der Waals surface area contributed by atoms with E-state index >= 15 is 0 Å². The zero-order valence-electron chi connectivity index (χ0n) is 9.88. The summed E-state index contributed by atoms with van der Waals surface area (Å²) in [5.74, 6) is 1.82. The molecule has 0 heterocycles. The van der Waals surface area contributed by atoms with E-state index in [0.717, 1.165) is 31.0 Å². The lowest BCUT2D eigenvalue weighted by molar-refractivity contribution is 0.168. The van der Waals surface area contributed by atoms with Gasteiger partial charge in [-0.05, 0) is 31.1 Å². The highest BCUT2D eigenvalue weighted by atomic mass is 16.5. The van der Waals surface area contributed by atoms with Crippen molar-refractivity contribution in [2.24, 2.45) is 11.8 Å². The highest BCUT2D eigenvalue weighted by molar-refractivity contribution is 4.82. The molecule has 0 aromatic heterocycles. The van der Waals surface area contributed by atoms with Crippen LogP contribution < -0.4 is 5.32 Å². The molecule has 3 atom stereocenters. The Bertz CT molecular complexity index is 149. The first-order valence-corrected chi connectivity index (χ1v) is 6.00. The zero-order valence-corrected chi connectivity index (χ0v) is 9.88. The molecule has 1 N–H and O–H groups in total. The summed E-state index contributed by atoms with van der Waals surface area (Å²) in [6, 6.07) is 0.742. The minimum Gasteiger partial charge on any atom is -0.383 e. The number of hydrogen-bond acceptors (Lipinski definition) is 2. The van der Waals surface area contributed by atoms with E-state index in [1.165, 1.54) is 25.7 Å². The van der Waals surface area contributed by atoms with Gasteiger partial charge >= 0.3 is 0 Å². The molecule has 1 fully saturated rings. The third kappa shape index (κ3) is 3.58. The summed E-state index contributed by atoms with van der Waals surface area (Å²) in [7, 11) is 1.77. The predicted octanol–water partition coefficient (Wildman–Crippen LogP) is 2.44. The molecule has 2 heteroatoms. The Balaban J connectivity index is 2.27. The Kier molecular flexibility index (Phi) is 5.49. The van der Waals surface area contributed by atoms with Crippen molar-refractivity contribution in [2.45, 2.75) is 45.6 Å². The maximum Gasteiger partial charge on any atom is 0.0587 e. The van der Waals surface area contributed by atoms with Gasteiger partial charge in [0.2, 0.25) is 0 Å². The second kappa shape index (κ2) is 6.41. The molecule has 84 valence electrons. The Labute approximate surface area is 88.4 Å². The molecule has 2 nitrogen and oxygen atoms in total. The van der Waals surface area contributed by atoms with E-state index < -0.39 is 0 Å². The van der Waals surface area contributed by atoms with Crippen LogP contribution in [0.5, 0.6) is 0 Å². The van der Waals surface area contributed by atoms with Gasteiger partial charge in [-0.25, -0.2) is 0 Å². The normalized spacial score (nSPS) is 33.2. The second-order valence-corrected chi connectivity index (χ2v) is 4.64. The average molecular weight is 199 g/mol. The molecule has 0 saturated heterocycles. The van der Waals surface area contributed by atoms with E-state index in [1.807, 2.05) is 0 Å². The molecule has 1 saturated carbocycles. The number of nitrogens with one attached hydrogen (secondary N) is 1. The van der Waals surface area contributed by atoms with E-state index in [9.17, 15) is 0 Å². The van der Waals surface area contributed by atoms with Gasteiger partial charge in [0.1, 0.15) is 0 Å². The SMILES string of the molecule is CCC1CC(C)CCC1NCCOC. The van der Waals surface area contributed by atoms with Gasteiger partial charge in [-0.15, -0.1) is 0 Å². The molecule has 3 unspecified atom stereocenters. The van der Waals surface area contributed by atoms with E-state index in [-0.39, 0.29) is 0 Å². The number of rotatable bonds is 5. The number of methoxy groups -OCH3 is 1. The lowest BCUT2D eigenvalue weighted by Crippen LogP contribution is -2.41. The average Bonchev–Trinajstić information content (AvgIpc) is 2.20. The first-order valence-electron chi connectivity index (χ1n) is 6.00. The third-order valence-electron chi connectivity index (χ3n) is 3.48. The van der Waals surface area contributed by atoms with Crippen LogP contribution in [0.25, 0.3) is 0 Å². The van der Waals surface area contributed by atoms with E-state index in [4.69, 9.17) is 4.74 Å². The van der Waals surface area contributed by atoms with Crippen LogP contribution in [0.15, 0.2) is 0 Å². The molecular weight excluding hydrogens is 174 g/mol. The monoisotopic (exact) mass is 199 g/mol. The summed E-state index contributed by atoms with van der Waals surface area (Å²) in [6.07, 6.45) is 5.46. The smallest absolute Gasteiger partial charge is 0.0587 e. The quantitative estimate of drug-likeness (QED) is 0.687. The largest absolute Gasteiger partial charge is 0.383 e. The van der Waals surface area contributed by atoms with Crippen LogP contribution in [0.3, 0.4) is 0 Å². The lowest BCUT2D eigenvalue weighted by Gasteiger charge is -2.35. The molecule has 1 rings (SSSR count). The Morgan fingerprint density at radius 1 is 1.36 bits per heavy atom. The standard InChI is InChI=1S/C12H25NO/c1-4-11-9-10(2)5-6-12(11)13-7-8-14-3/h10-13H,4-9H2,1-3H3. The molecule has 0 radical (unpaired) electrons. The van der Waals surface area contributed by atoms with Crippen molar-refractivity contribution >= 4 is 0 Å². The van der Waals surface area contributed by atoms with Crippen LogP contribution in [0.2, 0.25) is 0 Å². The van der Waals surface area contributed by atoms with Crippen LogP contribution in [0.1, 0.15) is 39.5 Å². The minimum atomic E-state index is 0.742. The first-order chi connectivity index (χ1) is 6.77. The fourth-order valence-electron chi connectivity index (χ4n) is 2.57. The van der Waals surface area contributed by atoms with Crippen LogP contribution in [-0.4, -0.2) is 26.3 Å². The van der Waals surface area contributed by atoms with Crippen molar-refractivity contribution < 1.29 is 4.74 Å². The summed E-state index contributed by atoms with van der Waals surface area (Å²) >= 11 is 0. The molecular formula is C12H25NO. The summed E-state index contributed by atoms with van der Waals surface area (Å²) < 4.78 is 5.06. The molecule has 0 aromatic carbocycles. The van der Waals surface area contributed by atoms with Gasteiger partial charge in [-0.1, -0.05) is 20.3 Å². The molecule has 0 spiro atoms. The Morgan fingerprint density at radius 2 is 2.14 bits per heavy atom. The topological polar surface area (TPSA) is 21.3 Å². The van der Waals surface area contributed by atoms with Gasteiger partial charge < -0.3 is 10.1 Å². The maximum atomic E-state index is 5.06. The highest BCUT2D eigenvalue weighted by Crippen LogP contribution is 2.30. The molecule has 0 aromatic rings. The zero-order chi connectivity index (χ0) is 10.4. The molecule has 0 amide bonds. The van der Waals surface area contributed by atoms with Crippen molar-refractivity contribution in [1.29, 1.82) is 0 Å². The summed E-state index contributed by atoms with van der Waals surface area (Å²) in [5.41, 5.74) is 0. The predicted molar refractivity (Wildman–Crippen MR) is 60.5 cm³/mol. The van der Waals surface area contributed by atoms with Gasteiger partial charge in [0.15, 0.2) is 0 Å². The van der Waals surface area contributed by atoms with E-state index in [2.05, 4.69) is 19.2 Å². The minimum absolute atomic E-state index is 0.742. The Morgan fingerprint density at radius 3 is 2.79 bits per heavy atom. The molecule has 14 heavy (non-hydrogen) atoms. The van der Waals surface area contributed by atoms with Crippen LogP contribution in [0.4, 0.5) is 0 Å². The van der Waals surface area contributed by atoms with Gasteiger partial charge in [-0.2, -0.15) is 0 Å². The second-order valence-electron chi connectivity index (χ2n) is 4.64. The van der Waals surface area contributed by atoms with Gasteiger partial charge in [-0.3, -0.25) is 0 Å². The van der Waals surface area contributed by atoms with Crippen LogP contribution in [0, 0.1) is 11.8 Å². The first kappa shape index (κ1) is 12.0. The molecule has 1 aliphatic rings. The van der Waals surface area contributed by atoms with Crippen LogP contribution >= 0.6 is 0 Å². The fourth-order valence-corrected chi connectivity index (χ4v) is 2.57. The van der Waals surface area contributed by atoms with E-state index in [0.29, 0.717) is 0 Å². The van der Waals surface area contributed by atoms with Crippen LogP contribution in [-0.2, 0) is 4.74 Å². The summed E-state index contributed by atoms with van der Waals surface area (Å²) in [5, 5.41) is 3.62. The third-order valence-corrected chi connectivity index (χ3v) is 3.48. The summed E-state index contributed by atoms with van der Waals surface area (Å²) in [6.45, 7) is 6.54. The van der Waals surface area contributed by atoms with Gasteiger partial charge in [0.25, 0.3) is 0 Å². The number of ether oxygens (including phenoxy) is 1. The molecule has 0 bridgehead atoms. The van der Waals surface area contributed by atoms with Crippen molar-refractivity contribution in [1.82, 2.24) is 5.32 Å².